The van der Waals surface area contributed by atoms with Crippen LogP contribution in [0.2, 0.25) is 10.2 Å². The molecule has 0 saturated heterocycles. The first kappa shape index (κ1) is 14.6. The number of nitrogens with zero attached hydrogens (tertiary/aromatic N) is 1. The maximum absolute atomic E-state index is 13.6. The Labute approximate surface area is 124 Å². The third-order valence-electron chi connectivity index (χ3n) is 2.48. The van der Waals surface area contributed by atoms with Gasteiger partial charge in [0.05, 0.1) is 23.4 Å². The second-order valence-corrected chi connectivity index (χ2v) is 4.56. The monoisotopic (exact) mass is 314 g/mol. The van der Waals surface area contributed by atoms with Crippen LogP contribution in [0, 0.1) is 5.82 Å². The highest BCUT2D eigenvalue weighted by molar-refractivity contribution is 6.41. The van der Waals surface area contributed by atoms with Crippen LogP contribution in [0.5, 0.6) is 5.75 Å². The van der Waals surface area contributed by atoms with Crippen LogP contribution in [0.25, 0.3) is 0 Å². The zero-order valence-electron chi connectivity index (χ0n) is 10.3. The third kappa shape index (κ3) is 3.18. The van der Waals surface area contributed by atoms with Gasteiger partial charge in [0, 0.05) is 12.3 Å². The molecule has 2 rings (SSSR count). The molecule has 0 aliphatic carbocycles. The molecule has 0 saturated carbocycles. The smallest absolute Gasteiger partial charge is 0.257 e. The number of pyridine rings is 1. The van der Waals surface area contributed by atoms with E-state index >= 15 is 0 Å². The van der Waals surface area contributed by atoms with Gasteiger partial charge in [0.1, 0.15) is 16.7 Å². The van der Waals surface area contributed by atoms with Crippen molar-refractivity contribution in [2.75, 3.05) is 12.4 Å². The van der Waals surface area contributed by atoms with E-state index in [-0.39, 0.29) is 21.4 Å². The first-order valence-corrected chi connectivity index (χ1v) is 6.23. The molecule has 0 bridgehead atoms. The summed E-state index contributed by atoms with van der Waals surface area (Å²) in [5, 5.41) is 2.65. The molecule has 7 heteroatoms. The summed E-state index contributed by atoms with van der Waals surface area (Å²) in [4.78, 5) is 15.7. The molecule has 0 spiro atoms. The number of rotatable bonds is 3. The highest BCUT2D eigenvalue weighted by atomic mass is 35.5. The number of benzene rings is 1. The molecule has 1 aromatic carbocycles. The molecule has 0 fully saturated rings. The third-order valence-corrected chi connectivity index (χ3v) is 3.17. The summed E-state index contributed by atoms with van der Waals surface area (Å²) >= 11 is 11.4. The van der Waals surface area contributed by atoms with Crippen molar-refractivity contribution in [1.82, 2.24) is 4.98 Å². The number of hydrogen-bond donors (Lipinski definition) is 1. The van der Waals surface area contributed by atoms with Gasteiger partial charge in [0.2, 0.25) is 0 Å². The molecule has 1 N–H and O–H groups in total. The average molecular weight is 315 g/mol. The Balaban J connectivity index is 2.25. The molecule has 1 heterocycles. The van der Waals surface area contributed by atoms with Crippen LogP contribution in [-0.4, -0.2) is 18.0 Å². The van der Waals surface area contributed by atoms with Crippen LogP contribution in [0.1, 0.15) is 10.4 Å². The maximum Gasteiger partial charge on any atom is 0.257 e. The van der Waals surface area contributed by atoms with Gasteiger partial charge in [0.15, 0.2) is 0 Å². The van der Waals surface area contributed by atoms with Crippen LogP contribution < -0.4 is 10.1 Å². The van der Waals surface area contributed by atoms with Gasteiger partial charge in [-0.3, -0.25) is 4.79 Å². The second kappa shape index (κ2) is 6.07. The number of aromatic nitrogens is 1. The molecule has 0 aliphatic heterocycles. The standard InChI is InChI=1S/C13H9Cl2FN2O2/c1-20-8-2-3-10(16)11(5-8)18-13(19)7-4-9(14)12(15)17-6-7/h2-6H,1H3,(H,18,19). The zero-order valence-corrected chi connectivity index (χ0v) is 11.8. The summed E-state index contributed by atoms with van der Waals surface area (Å²) in [5.74, 6) is -0.704. The molecule has 0 unspecified atom stereocenters. The molecule has 0 atom stereocenters. The van der Waals surface area contributed by atoms with Gasteiger partial charge >= 0.3 is 0 Å². The van der Waals surface area contributed by atoms with Crippen molar-refractivity contribution in [3.05, 3.63) is 52.0 Å². The topological polar surface area (TPSA) is 51.2 Å². The van der Waals surface area contributed by atoms with Gasteiger partial charge in [-0.1, -0.05) is 23.2 Å². The lowest BCUT2D eigenvalue weighted by atomic mass is 10.2. The van der Waals surface area contributed by atoms with Gasteiger partial charge in [-0.25, -0.2) is 9.37 Å². The van der Waals surface area contributed by atoms with Crippen LogP contribution >= 0.6 is 23.2 Å². The molecule has 4 nitrogen and oxygen atoms in total. The Morgan fingerprint density at radius 1 is 1.35 bits per heavy atom. The fraction of sp³-hybridized carbons (Fsp3) is 0.0769. The van der Waals surface area contributed by atoms with Crippen LogP contribution in [0.4, 0.5) is 10.1 Å². The Morgan fingerprint density at radius 3 is 2.75 bits per heavy atom. The summed E-state index contributed by atoms with van der Waals surface area (Å²) in [6.07, 6.45) is 1.25. The van der Waals surface area contributed by atoms with Gasteiger partial charge in [-0.2, -0.15) is 0 Å². The van der Waals surface area contributed by atoms with E-state index < -0.39 is 11.7 Å². The van der Waals surface area contributed by atoms with E-state index in [1.165, 1.54) is 37.6 Å². The quantitative estimate of drug-likeness (QED) is 0.877. The summed E-state index contributed by atoms with van der Waals surface area (Å²) < 4.78 is 18.6. The molecule has 0 aliphatic rings. The summed E-state index contributed by atoms with van der Waals surface area (Å²) in [5.41, 5.74) is 0.169. The number of carbonyl (C=O) groups is 1. The van der Waals surface area contributed by atoms with Crippen molar-refractivity contribution in [1.29, 1.82) is 0 Å². The van der Waals surface area contributed by atoms with Crippen molar-refractivity contribution in [2.45, 2.75) is 0 Å². The van der Waals surface area contributed by atoms with E-state index in [1.54, 1.807) is 0 Å². The van der Waals surface area contributed by atoms with Crippen molar-refractivity contribution < 1.29 is 13.9 Å². The summed E-state index contributed by atoms with van der Waals surface area (Å²) in [6.45, 7) is 0. The van der Waals surface area contributed by atoms with Crippen LogP contribution in [0.15, 0.2) is 30.5 Å². The Kier molecular flexibility index (Phi) is 4.42. The van der Waals surface area contributed by atoms with E-state index in [1.807, 2.05) is 0 Å². The van der Waals surface area contributed by atoms with Crippen molar-refractivity contribution in [3.8, 4) is 5.75 Å². The van der Waals surface area contributed by atoms with Gasteiger partial charge in [-0.05, 0) is 18.2 Å². The number of halogens is 3. The molecule has 1 amide bonds. The zero-order chi connectivity index (χ0) is 14.7. The van der Waals surface area contributed by atoms with Crippen molar-refractivity contribution >= 4 is 34.8 Å². The highest BCUT2D eigenvalue weighted by Gasteiger charge is 2.12. The molecule has 1 aromatic heterocycles. The number of methoxy groups -OCH3 is 1. The van der Waals surface area contributed by atoms with Gasteiger partial charge < -0.3 is 10.1 Å². The number of carbonyl (C=O) groups excluding carboxylic acids is 1. The van der Waals surface area contributed by atoms with Crippen LogP contribution in [0.3, 0.4) is 0 Å². The normalized spacial score (nSPS) is 10.2. The average Bonchev–Trinajstić information content (AvgIpc) is 2.44. The van der Waals surface area contributed by atoms with E-state index in [0.29, 0.717) is 5.75 Å². The molecule has 20 heavy (non-hydrogen) atoms. The molecule has 2 aromatic rings. The Bertz CT molecular complexity index is 665. The predicted octanol–water partition coefficient (Wildman–Crippen LogP) is 3.79. The second-order valence-electron chi connectivity index (χ2n) is 3.80. The summed E-state index contributed by atoms with van der Waals surface area (Å²) in [6, 6.07) is 5.37. The maximum atomic E-state index is 13.6. The van der Waals surface area contributed by atoms with Gasteiger partial charge in [-0.15, -0.1) is 0 Å². The minimum absolute atomic E-state index is 0.000391. The lowest BCUT2D eigenvalue weighted by Gasteiger charge is -2.08. The van der Waals surface area contributed by atoms with Gasteiger partial charge in [0.25, 0.3) is 5.91 Å². The Hall–Kier alpha value is -1.85. The molecular weight excluding hydrogens is 306 g/mol. The largest absolute Gasteiger partial charge is 0.497 e. The predicted molar refractivity (Wildman–Crippen MR) is 75.2 cm³/mol. The fourth-order valence-corrected chi connectivity index (χ4v) is 1.74. The van der Waals surface area contributed by atoms with E-state index in [9.17, 15) is 9.18 Å². The number of anilines is 1. The molecular formula is C13H9Cl2FN2O2. The number of amides is 1. The first-order valence-electron chi connectivity index (χ1n) is 5.47. The molecule has 104 valence electrons. The summed E-state index contributed by atoms with van der Waals surface area (Å²) in [7, 11) is 1.45. The fourth-order valence-electron chi connectivity index (χ4n) is 1.47. The van der Waals surface area contributed by atoms with Crippen LogP contribution in [-0.2, 0) is 0 Å². The van der Waals surface area contributed by atoms with E-state index in [0.717, 1.165) is 0 Å². The van der Waals surface area contributed by atoms with Crippen molar-refractivity contribution in [2.24, 2.45) is 0 Å². The van der Waals surface area contributed by atoms with E-state index in [4.69, 9.17) is 27.9 Å². The van der Waals surface area contributed by atoms with E-state index in [2.05, 4.69) is 10.3 Å². The number of hydrogen-bond acceptors (Lipinski definition) is 3. The lowest BCUT2D eigenvalue weighted by Crippen LogP contribution is -2.13. The number of ether oxygens (including phenoxy) is 1. The van der Waals surface area contributed by atoms with Crippen molar-refractivity contribution in [3.63, 3.8) is 0 Å². The minimum Gasteiger partial charge on any atom is -0.497 e. The SMILES string of the molecule is COc1ccc(F)c(NC(=O)c2cnc(Cl)c(Cl)c2)c1. The first-order chi connectivity index (χ1) is 9.51. The molecule has 0 radical (unpaired) electrons. The minimum atomic E-state index is -0.577. The Morgan fingerprint density at radius 2 is 2.10 bits per heavy atom. The highest BCUT2D eigenvalue weighted by Crippen LogP contribution is 2.23. The lowest BCUT2D eigenvalue weighted by molar-refractivity contribution is 0.102. The number of nitrogens with one attached hydrogen (secondary N) is 1.